The van der Waals surface area contributed by atoms with Crippen LogP contribution in [0.2, 0.25) is 0 Å². The minimum atomic E-state index is 0.0446. The lowest BCUT2D eigenvalue weighted by Gasteiger charge is -2.32. The first-order valence-electron chi connectivity index (χ1n) is 6.06. The Kier molecular flexibility index (Phi) is 3.72. The second kappa shape index (κ2) is 5.27. The number of hydrogen-bond donors (Lipinski definition) is 0. The van der Waals surface area contributed by atoms with Gasteiger partial charge in [-0.25, -0.2) is 0 Å². The van der Waals surface area contributed by atoms with E-state index in [0.717, 1.165) is 30.9 Å². The van der Waals surface area contributed by atoms with Gasteiger partial charge >= 0.3 is 0 Å². The molecule has 1 amide bonds. The highest BCUT2D eigenvalue weighted by Gasteiger charge is 2.20. The van der Waals surface area contributed by atoms with Crippen LogP contribution in [0.1, 0.15) is 10.4 Å². The molecule has 0 aliphatic carbocycles. The van der Waals surface area contributed by atoms with E-state index in [2.05, 4.69) is 11.9 Å². The first kappa shape index (κ1) is 12.7. The van der Waals surface area contributed by atoms with Crippen LogP contribution in [-0.2, 0) is 0 Å². The smallest absolute Gasteiger partial charge is 0.255 e. The van der Waals surface area contributed by atoms with Gasteiger partial charge in [0.1, 0.15) is 0 Å². The van der Waals surface area contributed by atoms with Gasteiger partial charge in [-0.2, -0.15) is 0 Å². The molecule has 1 aromatic rings. The van der Waals surface area contributed by atoms with Gasteiger partial charge in [-0.15, -0.1) is 0 Å². The van der Waals surface area contributed by atoms with Crippen LogP contribution in [0.25, 0.3) is 0 Å². The Hall–Kier alpha value is -1.75. The molecular formula is C13H18N3O2+. The molecule has 0 unspecified atom stereocenters. The Morgan fingerprint density at radius 1 is 1.11 bits per heavy atom. The van der Waals surface area contributed by atoms with E-state index in [1.165, 1.54) is 7.05 Å². The average molecular weight is 248 g/mol. The van der Waals surface area contributed by atoms with Gasteiger partial charge in [0, 0.05) is 53.5 Å². The van der Waals surface area contributed by atoms with Crippen molar-refractivity contribution in [3.05, 3.63) is 34.7 Å². The predicted molar refractivity (Wildman–Crippen MR) is 69.1 cm³/mol. The first-order chi connectivity index (χ1) is 8.58. The van der Waals surface area contributed by atoms with Crippen molar-refractivity contribution in [3.8, 4) is 0 Å². The summed E-state index contributed by atoms with van der Waals surface area (Å²) < 4.78 is 0.782. The Labute approximate surface area is 107 Å². The molecule has 96 valence electrons. The van der Waals surface area contributed by atoms with Crippen molar-refractivity contribution in [3.63, 3.8) is 0 Å². The number of benzene rings is 1. The zero-order valence-corrected chi connectivity index (χ0v) is 10.8. The Balaban J connectivity index is 2.07. The molecule has 2 rings (SSSR count). The Bertz CT molecular complexity index is 448. The summed E-state index contributed by atoms with van der Waals surface area (Å²) in [6.07, 6.45) is 0. The van der Waals surface area contributed by atoms with Gasteiger partial charge in [0.05, 0.1) is 0 Å². The summed E-state index contributed by atoms with van der Waals surface area (Å²) in [5.41, 5.74) is 1.20. The van der Waals surface area contributed by atoms with Crippen LogP contribution in [0.15, 0.2) is 24.3 Å². The second-order valence-corrected chi connectivity index (χ2v) is 4.64. The molecule has 1 heterocycles. The molecule has 0 atom stereocenters. The number of carbonyl (C=O) groups excluding carboxylic acids is 1. The minimum absolute atomic E-state index is 0.0446. The summed E-state index contributed by atoms with van der Waals surface area (Å²) in [4.78, 5) is 27.3. The van der Waals surface area contributed by atoms with Crippen LogP contribution in [0.3, 0.4) is 0 Å². The lowest BCUT2D eigenvalue weighted by molar-refractivity contribution is -0.428. The molecule has 5 heteroatoms. The fourth-order valence-electron chi connectivity index (χ4n) is 2.01. The number of rotatable bonds is 2. The van der Waals surface area contributed by atoms with Gasteiger partial charge in [-0.3, -0.25) is 4.79 Å². The van der Waals surface area contributed by atoms with Crippen LogP contribution < -0.4 is 0 Å². The maximum atomic E-state index is 12.2. The third-order valence-electron chi connectivity index (χ3n) is 3.27. The fourth-order valence-corrected chi connectivity index (χ4v) is 2.01. The van der Waals surface area contributed by atoms with Crippen LogP contribution >= 0.6 is 0 Å². The van der Waals surface area contributed by atoms with Crippen molar-refractivity contribution in [1.82, 2.24) is 9.80 Å². The van der Waals surface area contributed by atoms with E-state index >= 15 is 0 Å². The molecule has 0 radical (unpaired) electrons. The minimum Gasteiger partial charge on any atom is -0.336 e. The van der Waals surface area contributed by atoms with Crippen LogP contribution in [0, 0.1) is 4.91 Å². The molecule has 1 aliphatic heterocycles. The molecule has 1 aliphatic rings. The van der Waals surface area contributed by atoms with Crippen LogP contribution in [0.4, 0.5) is 5.69 Å². The summed E-state index contributed by atoms with van der Waals surface area (Å²) >= 11 is 0. The van der Waals surface area contributed by atoms with Crippen molar-refractivity contribution in [2.24, 2.45) is 0 Å². The SMILES string of the molecule is CN1CCN(C(=O)c2ccc([N+](C)=O)cc2)CC1. The normalized spacial score (nSPS) is 16.7. The zero-order valence-electron chi connectivity index (χ0n) is 10.8. The molecule has 18 heavy (non-hydrogen) atoms. The van der Waals surface area contributed by atoms with Gasteiger partial charge in [0.15, 0.2) is 7.05 Å². The van der Waals surface area contributed by atoms with E-state index < -0.39 is 0 Å². The number of nitrogens with zero attached hydrogens (tertiary/aromatic N) is 3. The van der Waals surface area contributed by atoms with Crippen molar-refractivity contribution in [2.45, 2.75) is 0 Å². The molecule has 0 saturated carbocycles. The largest absolute Gasteiger partial charge is 0.336 e. The molecule has 0 aromatic heterocycles. The standard InChI is InChI=1S/C13H18N3O2/c1-14-7-9-16(10-8-14)13(17)11-3-5-12(6-4-11)15(2)18/h3-6H,7-10H2,1-2H3/q+1. The first-order valence-corrected chi connectivity index (χ1v) is 6.06. The van der Waals surface area contributed by atoms with E-state index in [-0.39, 0.29) is 5.91 Å². The second-order valence-electron chi connectivity index (χ2n) is 4.64. The van der Waals surface area contributed by atoms with Gasteiger partial charge in [-0.05, 0) is 19.2 Å². The fraction of sp³-hybridized carbons (Fsp3) is 0.462. The molecular weight excluding hydrogens is 230 g/mol. The van der Waals surface area contributed by atoms with E-state index in [9.17, 15) is 9.70 Å². The lowest BCUT2D eigenvalue weighted by atomic mass is 10.1. The molecule has 0 N–H and O–H groups in total. The zero-order chi connectivity index (χ0) is 13.1. The maximum absolute atomic E-state index is 12.2. The Morgan fingerprint density at radius 2 is 1.67 bits per heavy atom. The molecule has 0 bridgehead atoms. The van der Waals surface area contributed by atoms with Gasteiger partial charge in [-0.1, -0.05) is 0 Å². The maximum Gasteiger partial charge on any atom is 0.255 e. The third-order valence-corrected chi connectivity index (χ3v) is 3.27. The molecule has 0 spiro atoms. The predicted octanol–water partition coefficient (Wildman–Crippen LogP) is 1.11. The summed E-state index contributed by atoms with van der Waals surface area (Å²) in [6, 6.07) is 6.78. The van der Waals surface area contributed by atoms with Crippen molar-refractivity contribution >= 4 is 11.6 Å². The van der Waals surface area contributed by atoms with Crippen LogP contribution in [-0.4, -0.2) is 60.7 Å². The molecule has 1 fully saturated rings. The van der Waals surface area contributed by atoms with Crippen molar-refractivity contribution in [1.29, 1.82) is 0 Å². The van der Waals surface area contributed by atoms with Gasteiger partial charge in [0.2, 0.25) is 0 Å². The molecule has 1 saturated heterocycles. The number of piperazine rings is 1. The van der Waals surface area contributed by atoms with E-state index in [0.29, 0.717) is 11.3 Å². The third kappa shape index (κ3) is 2.73. The van der Waals surface area contributed by atoms with Crippen molar-refractivity contribution < 1.29 is 9.55 Å². The highest BCUT2D eigenvalue weighted by Crippen LogP contribution is 2.14. The number of amides is 1. The van der Waals surface area contributed by atoms with Gasteiger partial charge < -0.3 is 9.80 Å². The van der Waals surface area contributed by atoms with Crippen molar-refractivity contribution in [2.75, 3.05) is 40.3 Å². The van der Waals surface area contributed by atoms with E-state index in [1.54, 1.807) is 24.3 Å². The number of hydrogen-bond acceptors (Lipinski definition) is 3. The number of nitroso groups, excluding NO2 is 1. The van der Waals surface area contributed by atoms with E-state index in [1.807, 2.05) is 4.90 Å². The summed E-state index contributed by atoms with van der Waals surface area (Å²) in [5, 5.41) is 0. The summed E-state index contributed by atoms with van der Waals surface area (Å²) in [7, 11) is 3.50. The number of carbonyl (C=O) groups is 1. The van der Waals surface area contributed by atoms with Crippen LogP contribution in [0.5, 0.6) is 0 Å². The molecule has 5 nitrogen and oxygen atoms in total. The summed E-state index contributed by atoms with van der Waals surface area (Å²) in [5.74, 6) is 0.0446. The lowest BCUT2D eigenvalue weighted by Crippen LogP contribution is -2.47. The summed E-state index contributed by atoms with van der Waals surface area (Å²) in [6.45, 7) is 3.34. The Morgan fingerprint density at radius 3 is 2.17 bits per heavy atom. The highest BCUT2D eigenvalue weighted by molar-refractivity contribution is 5.94. The molecule has 1 aromatic carbocycles. The number of likely N-dealkylation sites (N-methyl/N-ethyl adjacent to an activating group) is 1. The van der Waals surface area contributed by atoms with Gasteiger partial charge in [0.25, 0.3) is 11.6 Å². The monoisotopic (exact) mass is 248 g/mol. The van der Waals surface area contributed by atoms with E-state index in [4.69, 9.17) is 0 Å². The average Bonchev–Trinajstić information content (AvgIpc) is 2.39. The quantitative estimate of drug-likeness (QED) is 0.736. The topological polar surface area (TPSA) is 43.6 Å². The highest BCUT2D eigenvalue weighted by atomic mass is 16.3.